The molecule has 0 aliphatic carbocycles. The molecule has 0 radical (unpaired) electrons. The molecule has 1 fully saturated rings. The topological polar surface area (TPSA) is 24.1 Å². The maximum Gasteiger partial charge on any atom is 0.0410 e. The lowest BCUT2D eigenvalue weighted by Crippen LogP contribution is -2.38. The Morgan fingerprint density at radius 3 is 3.21 bits per heavy atom. The maximum atomic E-state index is 6.01. The number of fused-ring (bicyclic) bond motifs is 3. The molecular formula is C11H13ClN2. The molecule has 0 aromatic heterocycles. The van der Waals surface area contributed by atoms with Crippen LogP contribution < -0.4 is 10.6 Å². The van der Waals surface area contributed by atoms with E-state index in [0.717, 1.165) is 18.1 Å². The summed E-state index contributed by atoms with van der Waals surface area (Å²) >= 11 is 6.01. The minimum atomic E-state index is 0.609. The summed E-state index contributed by atoms with van der Waals surface area (Å²) in [6, 6.07) is 6.76. The van der Waals surface area contributed by atoms with Gasteiger partial charge in [-0.1, -0.05) is 11.6 Å². The second-order valence-electron chi connectivity index (χ2n) is 4.08. The number of halogens is 1. The van der Waals surface area contributed by atoms with Gasteiger partial charge in [0.15, 0.2) is 0 Å². The molecule has 14 heavy (non-hydrogen) atoms. The molecule has 74 valence electrons. The first-order valence-corrected chi connectivity index (χ1v) is 5.49. The zero-order valence-electron chi connectivity index (χ0n) is 7.89. The van der Waals surface area contributed by atoms with Crippen molar-refractivity contribution in [2.45, 2.75) is 18.4 Å². The van der Waals surface area contributed by atoms with Gasteiger partial charge >= 0.3 is 0 Å². The number of rotatable bonds is 0. The van der Waals surface area contributed by atoms with Crippen LogP contribution in [0.3, 0.4) is 0 Å². The lowest BCUT2D eigenvalue weighted by molar-refractivity contribution is 0.440. The summed E-state index contributed by atoms with van der Waals surface area (Å²) in [7, 11) is 0. The molecule has 3 rings (SSSR count). The molecule has 1 aromatic rings. The number of nitrogens with one attached hydrogen (secondary N) is 2. The summed E-state index contributed by atoms with van der Waals surface area (Å²) in [5.74, 6) is 0.609. The van der Waals surface area contributed by atoms with Gasteiger partial charge < -0.3 is 10.6 Å². The Morgan fingerprint density at radius 2 is 2.29 bits per heavy atom. The highest BCUT2D eigenvalue weighted by atomic mass is 35.5. The largest absolute Gasteiger partial charge is 0.381 e. The van der Waals surface area contributed by atoms with Crippen molar-refractivity contribution in [3.8, 4) is 0 Å². The van der Waals surface area contributed by atoms with Crippen LogP contribution in [0, 0.1) is 0 Å². The Labute approximate surface area is 88.6 Å². The highest BCUT2D eigenvalue weighted by molar-refractivity contribution is 6.30. The van der Waals surface area contributed by atoms with Crippen molar-refractivity contribution >= 4 is 17.3 Å². The standard InChI is InChI=1S/C11H13ClN2/c12-7-1-2-10-8(5-7)9-6-13-4-3-11(9)14-10/h1-2,5,9,11,13-14H,3-4,6H2/t9-,11-/m1/s1. The number of anilines is 1. The molecule has 2 N–H and O–H groups in total. The lowest BCUT2D eigenvalue weighted by Gasteiger charge is -2.26. The van der Waals surface area contributed by atoms with Crippen LogP contribution in [0.25, 0.3) is 0 Å². The van der Waals surface area contributed by atoms with Gasteiger partial charge in [0.05, 0.1) is 0 Å². The van der Waals surface area contributed by atoms with Crippen LogP contribution in [-0.4, -0.2) is 19.1 Å². The molecular weight excluding hydrogens is 196 g/mol. The van der Waals surface area contributed by atoms with Crippen LogP contribution in [0.2, 0.25) is 5.02 Å². The first-order chi connectivity index (χ1) is 6.84. The van der Waals surface area contributed by atoms with Crippen molar-refractivity contribution in [1.82, 2.24) is 5.32 Å². The first-order valence-electron chi connectivity index (χ1n) is 5.11. The number of piperidine rings is 1. The average molecular weight is 209 g/mol. The Hall–Kier alpha value is -0.730. The fourth-order valence-electron chi connectivity index (χ4n) is 2.53. The Kier molecular flexibility index (Phi) is 1.92. The molecule has 1 saturated heterocycles. The van der Waals surface area contributed by atoms with Crippen LogP contribution in [-0.2, 0) is 0 Å². The van der Waals surface area contributed by atoms with Gasteiger partial charge in [-0.05, 0) is 36.7 Å². The summed E-state index contributed by atoms with van der Waals surface area (Å²) in [6.45, 7) is 2.20. The molecule has 0 saturated carbocycles. The molecule has 2 aliphatic heterocycles. The van der Waals surface area contributed by atoms with E-state index >= 15 is 0 Å². The summed E-state index contributed by atoms with van der Waals surface area (Å²) in [6.07, 6.45) is 1.21. The molecule has 2 aliphatic rings. The molecule has 0 unspecified atom stereocenters. The average Bonchev–Trinajstić information content (AvgIpc) is 2.56. The highest BCUT2D eigenvalue weighted by Gasteiger charge is 2.33. The van der Waals surface area contributed by atoms with Gasteiger partial charge in [-0.2, -0.15) is 0 Å². The fourth-order valence-corrected chi connectivity index (χ4v) is 2.71. The molecule has 3 heteroatoms. The molecule has 2 heterocycles. The van der Waals surface area contributed by atoms with E-state index < -0.39 is 0 Å². The third-order valence-electron chi connectivity index (χ3n) is 3.24. The van der Waals surface area contributed by atoms with E-state index in [-0.39, 0.29) is 0 Å². The van der Waals surface area contributed by atoms with E-state index in [0.29, 0.717) is 12.0 Å². The smallest absolute Gasteiger partial charge is 0.0410 e. The summed E-state index contributed by atoms with van der Waals surface area (Å²) in [5.41, 5.74) is 2.66. The van der Waals surface area contributed by atoms with Gasteiger partial charge in [-0.15, -0.1) is 0 Å². The molecule has 0 spiro atoms. The van der Waals surface area contributed by atoms with Gasteiger partial charge in [-0.25, -0.2) is 0 Å². The minimum absolute atomic E-state index is 0.609. The number of benzene rings is 1. The predicted molar refractivity (Wildman–Crippen MR) is 59.1 cm³/mol. The third-order valence-corrected chi connectivity index (χ3v) is 3.47. The van der Waals surface area contributed by atoms with Crippen molar-refractivity contribution in [1.29, 1.82) is 0 Å². The van der Waals surface area contributed by atoms with Crippen LogP contribution in [0.5, 0.6) is 0 Å². The van der Waals surface area contributed by atoms with Crippen LogP contribution >= 0.6 is 11.6 Å². The van der Waals surface area contributed by atoms with E-state index in [1.807, 2.05) is 6.07 Å². The van der Waals surface area contributed by atoms with Crippen molar-refractivity contribution in [3.63, 3.8) is 0 Å². The van der Waals surface area contributed by atoms with Gasteiger partial charge in [0.1, 0.15) is 0 Å². The van der Waals surface area contributed by atoms with Crippen LogP contribution in [0.1, 0.15) is 17.9 Å². The monoisotopic (exact) mass is 208 g/mol. The van der Waals surface area contributed by atoms with Crippen molar-refractivity contribution in [2.24, 2.45) is 0 Å². The number of hydrogen-bond acceptors (Lipinski definition) is 2. The minimum Gasteiger partial charge on any atom is -0.381 e. The molecule has 0 bridgehead atoms. The fraction of sp³-hybridized carbons (Fsp3) is 0.455. The molecule has 1 aromatic carbocycles. The predicted octanol–water partition coefficient (Wildman–Crippen LogP) is 2.21. The van der Waals surface area contributed by atoms with E-state index in [1.54, 1.807) is 0 Å². The van der Waals surface area contributed by atoms with Crippen molar-refractivity contribution < 1.29 is 0 Å². The summed E-state index contributed by atoms with van der Waals surface area (Å²) in [5, 5.41) is 7.84. The van der Waals surface area contributed by atoms with Crippen molar-refractivity contribution in [2.75, 3.05) is 18.4 Å². The second kappa shape index (κ2) is 3.14. The van der Waals surface area contributed by atoms with Gasteiger partial charge in [0.25, 0.3) is 0 Å². The van der Waals surface area contributed by atoms with E-state index in [4.69, 9.17) is 11.6 Å². The van der Waals surface area contributed by atoms with E-state index in [9.17, 15) is 0 Å². The van der Waals surface area contributed by atoms with Gasteiger partial charge in [0.2, 0.25) is 0 Å². The van der Waals surface area contributed by atoms with E-state index in [2.05, 4.69) is 22.8 Å². The molecule has 2 atom stereocenters. The van der Waals surface area contributed by atoms with Gasteiger partial charge in [0, 0.05) is 29.2 Å². The maximum absolute atomic E-state index is 6.01. The van der Waals surface area contributed by atoms with Crippen LogP contribution in [0.15, 0.2) is 18.2 Å². The first kappa shape index (κ1) is 8.57. The van der Waals surface area contributed by atoms with E-state index in [1.165, 1.54) is 17.7 Å². The quantitative estimate of drug-likeness (QED) is 0.683. The third kappa shape index (κ3) is 1.22. The number of hydrogen-bond donors (Lipinski definition) is 2. The Morgan fingerprint density at radius 1 is 1.36 bits per heavy atom. The van der Waals surface area contributed by atoms with Crippen molar-refractivity contribution in [3.05, 3.63) is 28.8 Å². The second-order valence-corrected chi connectivity index (χ2v) is 4.52. The Balaban J connectivity index is 2.02. The summed E-state index contributed by atoms with van der Waals surface area (Å²) in [4.78, 5) is 0. The highest BCUT2D eigenvalue weighted by Crippen LogP contribution is 2.39. The molecule has 2 nitrogen and oxygen atoms in total. The summed E-state index contributed by atoms with van der Waals surface area (Å²) < 4.78 is 0. The van der Waals surface area contributed by atoms with Crippen LogP contribution in [0.4, 0.5) is 5.69 Å². The van der Waals surface area contributed by atoms with Gasteiger partial charge in [-0.3, -0.25) is 0 Å². The normalized spacial score (nSPS) is 29.2. The zero-order chi connectivity index (χ0) is 9.54. The Bertz CT molecular complexity index is 364. The SMILES string of the molecule is Clc1ccc2c(c1)[C@H]1CNCC[C@H]1N2. The lowest BCUT2D eigenvalue weighted by atomic mass is 9.91. The molecule has 0 amide bonds. The zero-order valence-corrected chi connectivity index (χ0v) is 8.64.